The molecule has 0 aliphatic heterocycles. The molecule has 0 aromatic carbocycles. The number of hydrogen-bond acceptors (Lipinski definition) is 19. The summed E-state index contributed by atoms with van der Waals surface area (Å²) >= 11 is 20.2. The highest BCUT2D eigenvalue weighted by Gasteiger charge is 2.22. The fraction of sp³-hybridized carbons (Fsp3) is 0.432. The number of primary amides is 1. The molecule has 0 bridgehead atoms. The zero-order valence-electron chi connectivity index (χ0n) is 41.8. The number of imidazole rings is 3. The van der Waals surface area contributed by atoms with E-state index in [-0.39, 0.29) is 47.2 Å². The van der Waals surface area contributed by atoms with E-state index in [0.29, 0.717) is 35.4 Å². The lowest BCUT2D eigenvalue weighted by Crippen LogP contribution is -2.33. The normalized spacial score (nSPS) is 14.3. The van der Waals surface area contributed by atoms with Gasteiger partial charge >= 0.3 is 29.1 Å². The van der Waals surface area contributed by atoms with Gasteiger partial charge in [0.05, 0.1) is 6.61 Å². The number of aromatic nitrogens is 15. The molecule has 28 nitrogen and oxygen atoms in total. The van der Waals surface area contributed by atoms with Gasteiger partial charge in [0.2, 0.25) is 6.08 Å². The Morgan fingerprint density at radius 1 is 0.711 bits per heavy atom. The number of allylic oxidation sites excluding steroid dienone is 4. The van der Waals surface area contributed by atoms with Crippen molar-refractivity contribution in [3.05, 3.63) is 115 Å². The number of alkyl carbamates (subject to hydrolysis) is 1. The standard InChI is InChI=1S/C17H20N6O4.C10H16O.C7H4N6O3.C6H6N6O2.2C2H4Cl2/c1-10(2)12-6-4-11(5-7-12)8-27-16(25)19-15(24)13-14-20-21-22(3)17(26)23(14)9-18-13;1-8(2)10-5-3-9(7-11)4-6-10;1-12-7(16)13-2-8-4(5(13)10-11-12)6(15)9-3-14;1-11-6(14)12-2-8-3(4(7)13)5(12)9-10-11;2*3-1-2-4/h4,9,12H,1,5-8H2,2-3H3,(H,19,24,25);3,10-11H,1,4-7H2,2H3;2H,1H3;2H,1H3,(H2,7,13);2*1-2H2/t12-;10-;;;;/m01..../s1. The third kappa shape index (κ3) is 17.8. The van der Waals surface area contributed by atoms with Crippen molar-refractivity contribution in [2.45, 2.75) is 52.4 Å². The average molecular weight is 1140 g/mol. The van der Waals surface area contributed by atoms with E-state index in [9.17, 15) is 38.4 Å². The summed E-state index contributed by atoms with van der Waals surface area (Å²) in [5.41, 5.74) is 7.73. The van der Waals surface area contributed by atoms with Gasteiger partial charge in [0.25, 0.3) is 11.8 Å². The van der Waals surface area contributed by atoms with Gasteiger partial charge in [0.15, 0.2) is 34.0 Å². The minimum atomic E-state index is -0.917. The number of hydrogen-bond donors (Lipinski definition) is 3. The number of fused-ring (bicyclic) bond motifs is 3. The van der Waals surface area contributed by atoms with Gasteiger partial charge in [-0.15, -0.1) is 66.7 Å². The van der Waals surface area contributed by atoms with Gasteiger partial charge in [-0.2, -0.15) is 14.0 Å². The van der Waals surface area contributed by atoms with Crippen LogP contribution in [0.3, 0.4) is 0 Å². The number of aliphatic imine (C=N–C) groups is 1. The number of alkyl halides is 4. The highest BCUT2D eigenvalue weighted by atomic mass is 35.5. The van der Waals surface area contributed by atoms with Crippen LogP contribution in [-0.4, -0.2) is 145 Å². The molecule has 0 saturated carbocycles. The first-order valence-electron chi connectivity index (χ1n) is 22.4. The fourth-order valence-corrected chi connectivity index (χ4v) is 6.52. The van der Waals surface area contributed by atoms with Crippen LogP contribution in [0.1, 0.15) is 83.8 Å². The van der Waals surface area contributed by atoms with Crippen molar-refractivity contribution in [1.82, 2.24) is 78.5 Å². The van der Waals surface area contributed by atoms with Crippen molar-refractivity contribution in [3.63, 3.8) is 0 Å². The van der Waals surface area contributed by atoms with Gasteiger partial charge < -0.3 is 15.6 Å². The third-order valence-electron chi connectivity index (χ3n) is 10.6. The molecule has 408 valence electrons. The second-order valence-electron chi connectivity index (χ2n) is 16.0. The van der Waals surface area contributed by atoms with E-state index in [2.05, 4.69) is 82.4 Å². The molecule has 4 N–H and O–H groups in total. The molecule has 4 amide bonds. The maximum Gasteiger partial charge on any atom is 0.414 e. The number of carbonyl (C=O) groups excluding carboxylic acids is 5. The number of nitrogens with zero attached hydrogens (tertiary/aromatic N) is 16. The number of nitrogens with one attached hydrogen (secondary N) is 1. The first-order valence-corrected chi connectivity index (χ1v) is 24.6. The number of rotatable bonds is 10. The zero-order chi connectivity index (χ0) is 56.6. The number of aliphatic hydroxyl groups excluding tert-OH is 1. The Bertz CT molecular complexity index is 3330. The van der Waals surface area contributed by atoms with Gasteiger partial charge in [-0.25, -0.2) is 52.1 Å². The molecule has 32 heteroatoms. The molecule has 6 heterocycles. The quantitative estimate of drug-likeness (QED) is 0.0767. The Balaban J connectivity index is 0.000000267. The monoisotopic (exact) mass is 1130 g/mol. The zero-order valence-corrected chi connectivity index (χ0v) is 44.8. The van der Waals surface area contributed by atoms with Gasteiger partial charge in [0, 0.05) is 44.7 Å². The molecule has 2 aliphatic carbocycles. The summed E-state index contributed by atoms with van der Waals surface area (Å²) in [6.07, 6.45) is 13.8. The van der Waals surface area contributed by atoms with E-state index >= 15 is 0 Å². The Hall–Kier alpha value is -7.62. The van der Waals surface area contributed by atoms with Crippen LogP contribution < -0.4 is 28.1 Å². The first-order chi connectivity index (χ1) is 36.2. The number of aryl methyl sites for hydroxylation is 3. The predicted octanol–water partition coefficient (Wildman–Crippen LogP) is 2.42. The Kier molecular flexibility index (Phi) is 25.8. The van der Waals surface area contributed by atoms with Crippen LogP contribution in [0.4, 0.5) is 4.79 Å². The van der Waals surface area contributed by atoms with Crippen molar-refractivity contribution < 1.29 is 33.8 Å². The van der Waals surface area contributed by atoms with Crippen LogP contribution in [-0.2, 0) is 30.7 Å². The molecule has 8 rings (SSSR count). The van der Waals surface area contributed by atoms with E-state index in [0.717, 1.165) is 89.2 Å². The molecule has 2 aliphatic rings. The lowest BCUT2D eigenvalue weighted by molar-refractivity contribution is 0.0921. The number of carbonyl (C=O) groups is 4. The SMILES string of the molecule is C=C(C)[C@@H]1CC=C(CO)CC1.C=C(C)[C@H]1CC=C(COC(=O)NC(=O)c2ncn3c(=O)n(C)nnc23)CC1.ClCCCl.ClCCCl.Cn1nnc2c(C(=O)N=C=O)ncn2c1=O.Cn1nnc2c(C(N)=O)ncn2c1=O. The van der Waals surface area contributed by atoms with Crippen LogP contribution in [0.2, 0.25) is 0 Å². The molecule has 0 spiro atoms. The van der Waals surface area contributed by atoms with Crippen LogP contribution in [0.5, 0.6) is 0 Å². The summed E-state index contributed by atoms with van der Waals surface area (Å²) in [5, 5.41) is 32.5. The Labute approximate surface area is 451 Å². The average Bonchev–Trinajstić information content (AvgIpc) is 4.18. The van der Waals surface area contributed by atoms with E-state index in [1.165, 1.54) is 45.0 Å². The summed E-state index contributed by atoms with van der Waals surface area (Å²) in [6, 6.07) is 0. The molecule has 0 fully saturated rings. The topological polar surface area (TPSA) is 360 Å². The molecule has 6 aromatic rings. The summed E-state index contributed by atoms with van der Waals surface area (Å²) in [6.45, 7) is 12.4. The molecule has 0 radical (unpaired) electrons. The van der Waals surface area contributed by atoms with E-state index in [1.54, 1.807) is 0 Å². The highest BCUT2D eigenvalue weighted by Crippen LogP contribution is 2.29. The van der Waals surface area contributed by atoms with Gasteiger partial charge in [-0.05, 0) is 75.4 Å². The number of ether oxygens (including phenoxy) is 1. The van der Waals surface area contributed by atoms with Crippen molar-refractivity contribution in [2.24, 2.45) is 43.7 Å². The summed E-state index contributed by atoms with van der Waals surface area (Å²) in [7, 11) is 4.27. The second-order valence-corrected chi connectivity index (χ2v) is 17.5. The van der Waals surface area contributed by atoms with Crippen LogP contribution in [0.25, 0.3) is 16.9 Å². The largest absolute Gasteiger partial charge is 0.445 e. The van der Waals surface area contributed by atoms with Crippen LogP contribution >= 0.6 is 46.4 Å². The molecule has 6 aromatic heterocycles. The maximum absolute atomic E-state index is 12.2. The van der Waals surface area contributed by atoms with Crippen molar-refractivity contribution in [2.75, 3.05) is 36.7 Å². The van der Waals surface area contributed by atoms with E-state index in [1.807, 2.05) is 13.0 Å². The maximum atomic E-state index is 12.2. The van der Waals surface area contributed by atoms with Crippen molar-refractivity contribution >= 4 is 93.2 Å². The second kappa shape index (κ2) is 31.3. The molecule has 0 saturated heterocycles. The van der Waals surface area contributed by atoms with E-state index in [4.69, 9.17) is 62.0 Å². The van der Waals surface area contributed by atoms with Gasteiger partial charge in [0.1, 0.15) is 25.6 Å². The van der Waals surface area contributed by atoms with Gasteiger partial charge in [-0.3, -0.25) is 19.7 Å². The van der Waals surface area contributed by atoms with Gasteiger partial charge in [-0.1, -0.05) is 52.1 Å². The Morgan fingerprint density at radius 3 is 1.47 bits per heavy atom. The molecule has 0 unspecified atom stereocenters. The molecule has 76 heavy (non-hydrogen) atoms. The molecular weight excluding hydrogens is 1080 g/mol. The lowest BCUT2D eigenvalue weighted by atomic mass is 9.86. The van der Waals surface area contributed by atoms with Crippen LogP contribution in [0.15, 0.2) is 86.0 Å². The minimum Gasteiger partial charge on any atom is -0.445 e. The lowest BCUT2D eigenvalue weighted by Gasteiger charge is -2.21. The van der Waals surface area contributed by atoms with Crippen molar-refractivity contribution in [3.8, 4) is 0 Å². The number of aliphatic hydroxyl groups is 1. The summed E-state index contributed by atoms with van der Waals surface area (Å²) in [4.78, 5) is 105. The fourth-order valence-electron chi connectivity index (χ4n) is 6.52. The first kappa shape index (κ1) is 62.7. The smallest absolute Gasteiger partial charge is 0.414 e. The number of amides is 4. The highest BCUT2D eigenvalue weighted by molar-refractivity contribution is 6.26. The Morgan fingerprint density at radius 2 is 1.11 bits per heavy atom. The minimum absolute atomic E-state index is 0.0378. The molecule has 2 atom stereocenters. The predicted molar refractivity (Wildman–Crippen MR) is 278 cm³/mol. The van der Waals surface area contributed by atoms with Crippen LogP contribution in [0, 0.1) is 11.8 Å². The molecular formula is C44H54Cl4N18O10. The third-order valence-corrected chi connectivity index (χ3v) is 11.8. The number of imide groups is 1. The number of halogens is 4. The van der Waals surface area contributed by atoms with E-state index < -0.39 is 40.9 Å². The summed E-state index contributed by atoms with van der Waals surface area (Å²) in [5.74, 6) is 0.879. The summed E-state index contributed by atoms with van der Waals surface area (Å²) < 4.78 is 11.3. The number of isocyanates is 1. The number of nitrogens with two attached hydrogens (primary N) is 1. The van der Waals surface area contributed by atoms with Crippen molar-refractivity contribution in [1.29, 1.82) is 0 Å².